The lowest BCUT2D eigenvalue weighted by atomic mass is 10.2. The minimum absolute atomic E-state index is 0.170. The van der Waals surface area contributed by atoms with E-state index < -0.39 is 11.5 Å². The second-order valence-corrected chi connectivity index (χ2v) is 10.6. The predicted molar refractivity (Wildman–Crippen MR) is 139 cm³/mol. The van der Waals surface area contributed by atoms with Crippen LogP contribution in [0.15, 0.2) is 58.1 Å². The van der Waals surface area contributed by atoms with Crippen molar-refractivity contribution in [3.8, 4) is 17.1 Å². The molecule has 0 radical (unpaired) electrons. The molecule has 0 unspecified atom stereocenters. The lowest BCUT2D eigenvalue weighted by Crippen LogP contribution is -2.25. The van der Waals surface area contributed by atoms with E-state index in [0.29, 0.717) is 22.3 Å². The Bertz CT molecular complexity index is 1600. The zero-order chi connectivity index (χ0) is 25.2. The van der Waals surface area contributed by atoms with Crippen LogP contribution in [0.2, 0.25) is 4.34 Å². The Balaban J connectivity index is 1.56. The number of anilines is 1. The molecule has 0 bridgehead atoms. The van der Waals surface area contributed by atoms with Crippen molar-refractivity contribution in [2.45, 2.75) is 13.1 Å². The first-order chi connectivity index (χ1) is 17.4. The highest BCUT2D eigenvalue weighted by Gasteiger charge is 2.22. The van der Waals surface area contributed by atoms with Gasteiger partial charge in [0.2, 0.25) is 0 Å². The summed E-state index contributed by atoms with van der Waals surface area (Å²) < 4.78 is 11.0. The number of carbonyl (C=O) groups is 2. The van der Waals surface area contributed by atoms with Gasteiger partial charge in [0.1, 0.15) is 23.0 Å². The third-order valence-corrected chi connectivity index (χ3v) is 7.44. The van der Waals surface area contributed by atoms with Gasteiger partial charge in [0.25, 0.3) is 11.5 Å². The lowest BCUT2D eigenvalue weighted by molar-refractivity contribution is 0.0941. The van der Waals surface area contributed by atoms with Crippen LogP contribution >= 0.6 is 46.0 Å². The van der Waals surface area contributed by atoms with Gasteiger partial charge in [0.05, 0.1) is 34.9 Å². The van der Waals surface area contributed by atoms with E-state index in [1.165, 1.54) is 28.2 Å². The topological polar surface area (TPSA) is 132 Å². The fraction of sp³-hybridized carbons (Fsp3) is 0.0909. The average Bonchev–Trinajstić information content (AvgIpc) is 3.66. The van der Waals surface area contributed by atoms with Crippen LogP contribution in [0, 0.1) is 0 Å². The number of carbonyl (C=O) groups excluding carboxylic acids is 2. The van der Waals surface area contributed by atoms with Gasteiger partial charge in [-0.2, -0.15) is 14.2 Å². The largest absolute Gasteiger partial charge is 0.508 e. The van der Waals surface area contributed by atoms with Crippen molar-refractivity contribution in [2.24, 2.45) is 0 Å². The summed E-state index contributed by atoms with van der Waals surface area (Å²) >= 11 is 9.67. The molecule has 5 aromatic rings. The molecule has 5 aromatic heterocycles. The van der Waals surface area contributed by atoms with E-state index in [2.05, 4.69) is 19.2 Å². The Labute approximate surface area is 220 Å². The molecular weight excluding hydrogens is 544 g/mol. The van der Waals surface area contributed by atoms with Crippen molar-refractivity contribution >= 4 is 63.5 Å². The van der Waals surface area contributed by atoms with Crippen LogP contribution in [-0.4, -0.2) is 39.9 Å². The minimum Gasteiger partial charge on any atom is -0.508 e. The highest BCUT2D eigenvalue weighted by molar-refractivity contribution is 7.16. The van der Waals surface area contributed by atoms with Crippen LogP contribution in [-0.2, 0) is 13.1 Å². The molecule has 36 heavy (non-hydrogen) atoms. The lowest BCUT2D eigenvalue weighted by Gasteiger charge is -2.10. The van der Waals surface area contributed by atoms with Gasteiger partial charge in [-0.1, -0.05) is 11.6 Å². The number of aromatic hydroxyl groups is 1. The van der Waals surface area contributed by atoms with E-state index >= 15 is 0 Å². The van der Waals surface area contributed by atoms with Gasteiger partial charge in [-0.15, -0.1) is 11.3 Å². The van der Waals surface area contributed by atoms with E-state index in [0.717, 1.165) is 38.7 Å². The first-order valence-corrected chi connectivity index (χ1v) is 13.2. The molecule has 5 heterocycles. The highest BCUT2D eigenvalue weighted by Crippen LogP contribution is 2.27. The molecular formula is C22H15ClN6O4S3. The van der Waals surface area contributed by atoms with E-state index in [1.807, 2.05) is 6.07 Å². The highest BCUT2D eigenvalue weighted by atomic mass is 35.5. The molecule has 182 valence electrons. The van der Waals surface area contributed by atoms with Crippen LogP contribution < -0.4 is 10.9 Å². The summed E-state index contributed by atoms with van der Waals surface area (Å²) in [7, 11) is 0. The Kier molecular flexibility index (Phi) is 6.78. The quantitative estimate of drug-likeness (QED) is 0.270. The van der Waals surface area contributed by atoms with E-state index in [1.54, 1.807) is 29.0 Å². The molecule has 2 N–H and O–H groups in total. The molecule has 5 rings (SSSR count). The Morgan fingerprint density at radius 3 is 2.69 bits per heavy atom. The number of pyridine rings is 1. The van der Waals surface area contributed by atoms with Gasteiger partial charge in [-0.3, -0.25) is 19.0 Å². The molecule has 0 aromatic carbocycles. The van der Waals surface area contributed by atoms with Crippen LogP contribution in [0.1, 0.15) is 25.7 Å². The van der Waals surface area contributed by atoms with Crippen molar-refractivity contribution in [3.63, 3.8) is 0 Å². The van der Waals surface area contributed by atoms with Gasteiger partial charge >= 0.3 is 0 Å². The number of nitrogens with one attached hydrogen (secondary N) is 1. The summed E-state index contributed by atoms with van der Waals surface area (Å²) in [6.07, 6.45) is 1.43. The molecule has 0 aliphatic heterocycles. The maximum atomic E-state index is 13.1. The first-order valence-electron chi connectivity index (χ1n) is 10.3. The number of hydrogen-bond acceptors (Lipinski definition) is 11. The van der Waals surface area contributed by atoms with Gasteiger partial charge < -0.3 is 10.4 Å². The van der Waals surface area contributed by atoms with Gasteiger partial charge in [-0.05, 0) is 41.3 Å². The maximum Gasteiger partial charge on any atom is 0.299 e. The number of Topliss-reactive ketones (excluding diaryl/α,β-unsaturated/α-hetero) is 1. The summed E-state index contributed by atoms with van der Waals surface area (Å²) in [6, 6.07) is 9.12. The molecule has 0 saturated carbocycles. The Morgan fingerprint density at radius 2 is 2.00 bits per heavy atom. The fourth-order valence-electron chi connectivity index (χ4n) is 3.38. The van der Waals surface area contributed by atoms with E-state index in [4.69, 9.17) is 11.6 Å². The molecule has 0 saturated heterocycles. The molecule has 0 amide bonds. The number of ketones is 1. The van der Waals surface area contributed by atoms with Crippen molar-refractivity contribution in [3.05, 3.63) is 84.2 Å². The van der Waals surface area contributed by atoms with Crippen molar-refractivity contribution in [2.75, 3.05) is 5.32 Å². The molecule has 0 aliphatic carbocycles. The van der Waals surface area contributed by atoms with Gasteiger partial charge in [0.15, 0.2) is 5.78 Å². The monoisotopic (exact) mass is 558 g/mol. The second-order valence-electron chi connectivity index (χ2n) is 7.44. The zero-order valence-electron chi connectivity index (χ0n) is 18.1. The number of nitrogens with zero attached hydrogens (tertiary/aromatic N) is 5. The van der Waals surface area contributed by atoms with Gasteiger partial charge in [0, 0.05) is 33.8 Å². The Hall–Kier alpha value is -3.65. The normalized spacial score (nSPS) is 11.0. The summed E-state index contributed by atoms with van der Waals surface area (Å²) in [5.74, 6) is -0.769. The molecule has 10 nitrogen and oxygen atoms in total. The fourth-order valence-corrected chi connectivity index (χ4v) is 5.45. The summed E-state index contributed by atoms with van der Waals surface area (Å²) in [5.41, 5.74) is 0.347. The number of thiophene rings is 1. The van der Waals surface area contributed by atoms with Crippen molar-refractivity contribution in [1.82, 2.24) is 23.1 Å². The SMILES string of the molecule is O=C(Cn1c(-c2cc(NCc3ccc(Cl)s3)n(C(=O)c3ccsn3)n2)cc(O)cc1=O)c1cnsc1. The Morgan fingerprint density at radius 1 is 1.14 bits per heavy atom. The number of hydrogen-bond donors (Lipinski definition) is 2. The smallest absolute Gasteiger partial charge is 0.299 e. The molecule has 0 atom stereocenters. The minimum atomic E-state index is -0.593. The number of halogens is 1. The maximum absolute atomic E-state index is 13.1. The van der Waals surface area contributed by atoms with Crippen molar-refractivity contribution in [1.29, 1.82) is 0 Å². The van der Waals surface area contributed by atoms with Crippen LogP contribution in [0.3, 0.4) is 0 Å². The molecule has 0 aliphatic rings. The zero-order valence-corrected chi connectivity index (χ0v) is 21.3. The standard InChI is InChI=1S/C22H15ClN6O4S3/c23-19-2-1-14(36-19)9-24-20-7-16(26-29(20)22(33)15-3-4-34-27-15)17-5-13(30)6-21(32)28(17)10-18(31)12-8-25-35-11-12/h1-8,11,24,30H,9-10H2. The summed E-state index contributed by atoms with van der Waals surface area (Å²) in [4.78, 5) is 39.6. The average molecular weight is 559 g/mol. The van der Waals surface area contributed by atoms with Crippen LogP contribution in [0.5, 0.6) is 5.75 Å². The summed E-state index contributed by atoms with van der Waals surface area (Å²) in [5, 5.41) is 21.0. The van der Waals surface area contributed by atoms with Crippen LogP contribution in [0.4, 0.5) is 5.82 Å². The number of rotatable bonds is 8. The summed E-state index contributed by atoms with van der Waals surface area (Å²) in [6.45, 7) is 0.0690. The molecule has 0 fully saturated rings. The number of aromatic nitrogens is 5. The predicted octanol–water partition coefficient (Wildman–Crippen LogP) is 4.23. The van der Waals surface area contributed by atoms with Crippen molar-refractivity contribution < 1.29 is 14.7 Å². The molecule has 14 heteroatoms. The van der Waals surface area contributed by atoms with E-state index in [-0.39, 0.29) is 35.2 Å². The second kappa shape index (κ2) is 10.1. The first kappa shape index (κ1) is 24.1. The van der Waals surface area contributed by atoms with Gasteiger partial charge in [-0.25, -0.2) is 4.37 Å². The van der Waals surface area contributed by atoms with E-state index in [9.17, 15) is 19.5 Å². The third-order valence-electron chi connectivity index (χ3n) is 5.06. The third kappa shape index (κ3) is 4.99. The van der Waals surface area contributed by atoms with Crippen LogP contribution in [0.25, 0.3) is 11.4 Å². The molecule has 0 spiro atoms.